The second-order valence-electron chi connectivity index (χ2n) is 7.79. The van der Waals surface area contributed by atoms with Gasteiger partial charge in [0.1, 0.15) is 0 Å². The van der Waals surface area contributed by atoms with Crippen LogP contribution in [0.2, 0.25) is 5.02 Å². The minimum Gasteiger partial charge on any atom is -0.450 e. The van der Waals surface area contributed by atoms with Crippen molar-refractivity contribution < 1.29 is 22.7 Å². The van der Waals surface area contributed by atoms with E-state index in [4.69, 9.17) is 22.8 Å². The van der Waals surface area contributed by atoms with Crippen LogP contribution in [0.3, 0.4) is 0 Å². The molecule has 0 radical (unpaired) electrons. The highest BCUT2D eigenvalue weighted by molar-refractivity contribution is 7.89. The van der Waals surface area contributed by atoms with Gasteiger partial charge < -0.3 is 14.2 Å². The molecule has 0 saturated carbocycles. The van der Waals surface area contributed by atoms with Crippen molar-refractivity contribution in [2.75, 3.05) is 32.8 Å². The Hall–Kier alpha value is -3.17. The Kier molecular flexibility index (Phi) is 7.80. The van der Waals surface area contributed by atoms with Crippen LogP contribution in [-0.4, -0.2) is 67.0 Å². The molecule has 188 valence electrons. The van der Waals surface area contributed by atoms with Crippen LogP contribution in [0.5, 0.6) is 0 Å². The first-order chi connectivity index (χ1) is 17.3. The van der Waals surface area contributed by atoms with Gasteiger partial charge in [0, 0.05) is 31.7 Å². The van der Waals surface area contributed by atoms with Gasteiger partial charge >= 0.3 is 6.09 Å². The first-order valence-electron chi connectivity index (χ1n) is 11.1. The number of benzene rings is 2. The summed E-state index contributed by atoms with van der Waals surface area (Å²) in [4.78, 5) is 30.9. The zero-order chi connectivity index (χ0) is 25.9. The summed E-state index contributed by atoms with van der Waals surface area (Å²) in [6.07, 6.45) is 5.05. The number of hydrogen-bond donors (Lipinski definition) is 0. The normalized spacial score (nSPS) is 15.1. The summed E-state index contributed by atoms with van der Waals surface area (Å²) in [5.41, 5.74) is 0.940. The predicted octanol–water partition coefficient (Wildman–Crippen LogP) is 3.19. The highest BCUT2D eigenvalue weighted by atomic mass is 35.5. The number of fused-ring (bicyclic) bond motifs is 1. The van der Waals surface area contributed by atoms with Gasteiger partial charge in [-0.2, -0.15) is 9.30 Å². The number of piperazine rings is 1. The average molecular weight is 547 g/mol. The number of amides is 2. The van der Waals surface area contributed by atoms with E-state index in [0.29, 0.717) is 15.3 Å². The molecule has 1 aliphatic rings. The van der Waals surface area contributed by atoms with Crippen molar-refractivity contribution in [3.05, 3.63) is 57.9 Å². The van der Waals surface area contributed by atoms with Gasteiger partial charge in [-0.15, -0.1) is 6.42 Å². The number of rotatable bonds is 5. The number of halogens is 1. The predicted molar refractivity (Wildman–Crippen MR) is 137 cm³/mol. The molecule has 9 nitrogen and oxygen atoms in total. The maximum atomic E-state index is 13.1. The molecular weight excluding hydrogens is 524 g/mol. The van der Waals surface area contributed by atoms with Crippen molar-refractivity contribution in [1.29, 1.82) is 0 Å². The molecule has 0 N–H and O–H groups in total. The molecule has 1 aliphatic heterocycles. The molecule has 0 unspecified atom stereocenters. The largest absolute Gasteiger partial charge is 0.450 e. The van der Waals surface area contributed by atoms with Crippen LogP contribution in [0.25, 0.3) is 10.2 Å². The van der Waals surface area contributed by atoms with E-state index in [1.807, 2.05) is 12.1 Å². The highest BCUT2D eigenvalue weighted by Gasteiger charge is 2.30. The van der Waals surface area contributed by atoms with Gasteiger partial charge in [-0.1, -0.05) is 34.9 Å². The first-order valence-corrected chi connectivity index (χ1v) is 13.7. The lowest BCUT2D eigenvalue weighted by Crippen LogP contribution is -2.50. The molecule has 4 rings (SSSR count). The van der Waals surface area contributed by atoms with Gasteiger partial charge in [0.2, 0.25) is 10.0 Å². The minimum absolute atomic E-state index is 0.0553. The summed E-state index contributed by atoms with van der Waals surface area (Å²) in [7, 11) is -3.79. The lowest BCUT2D eigenvalue weighted by Gasteiger charge is -2.33. The third-order valence-electron chi connectivity index (χ3n) is 5.60. The van der Waals surface area contributed by atoms with Gasteiger partial charge in [-0.3, -0.25) is 4.79 Å². The van der Waals surface area contributed by atoms with Crippen LogP contribution in [0, 0.1) is 12.3 Å². The SMILES string of the molecule is C#CCn1c(=NC(=O)c2ccc(S(=O)(=O)N3CCN(C(=O)OCC)CC3)cc2)sc2cccc(Cl)c21. The van der Waals surface area contributed by atoms with E-state index in [2.05, 4.69) is 10.9 Å². The Bertz CT molecular complexity index is 1510. The van der Waals surface area contributed by atoms with E-state index in [1.54, 1.807) is 17.6 Å². The van der Waals surface area contributed by atoms with Crippen LogP contribution in [-0.2, 0) is 21.3 Å². The number of carbonyl (C=O) groups excluding carboxylic acids is 2. The van der Waals surface area contributed by atoms with Crippen LogP contribution < -0.4 is 4.80 Å². The molecule has 1 saturated heterocycles. The number of para-hydroxylation sites is 1. The summed E-state index contributed by atoms with van der Waals surface area (Å²) in [6.45, 7) is 2.95. The Balaban J connectivity index is 1.54. The number of carbonyl (C=O) groups is 2. The smallest absolute Gasteiger partial charge is 0.409 e. The van der Waals surface area contributed by atoms with E-state index < -0.39 is 22.0 Å². The number of thiazole rings is 1. The Labute approximate surface area is 217 Å². The van der Waals surface area contributed by atoms with Gasteiger partial charge in [0.25, 0.3) is 5.91 Å². The van der Waals surface area contributed by atoms with Crippen molar-refractivity contribution in [3.8, 4) is 12.3 Å². The molecule has 2 aromatic carbocycles. The Morgan fingerprint density at radius 3 is 2.47 bits per heavy atom. The molecule has 2 heterocycles. The van der Waals surface area contributed by atoms with Crippen LogP contribution >= 0.6 is 22.9 Å². The Morgan fingerprint density at radius 2 is 1.83 bits per heavy atom. The number of terminal acetylenes is 1. The van der Waals surface area contributed by atoms with E-state index in [0.717, 1.165) is 4.70 Å². The third kappa shape index (κ3) is 5.17. The number of hydrogen-bond acceptors (Lipinski definition) is 6. The second-order valence-corrected chi connectivity index (χ2v) is 11.1. The number of ether oxygens (including phenoxy) is 1. The third-order valence-corrected chi connectivity index (χ3v) is 8.86. The molecule has 0 aliphatic carbocycles. The number of sulfonamides is 1. The van der Waals surface area contributed by atoms with Gasteiger partial charge in [0.05, 0.1) is 33.3 Å². The fraction of sp³-hybridized carbons (Fsp3) is 0.292. The van der Waals surface area contributed by atoms with Gasteiger partial charge in [-0.05, 0) is 43.3 Å². The zero-order valence-electron chi connectivity index (χ0n) is 19.4. The van der Waals surface area contributed by atoms with E-state index in [1.165, 1.54) is 44.8 Å². The molecule has 2 amide bonds. The molecule has 1 fully saturated rings. The maximum absolute atomic E-state index is 13.1. The van der Waals surface area contributed by atoms with Gasteiger partial charge in [-0.25, -0.2) is 13.2 Å². The highest BCUT2D eigenvalue weighted by Crippen LogP contribution is 2.25. The molecule has 0 spiro atoms. The molecule has 3 aromatic rings. The van der Waals surface area contributed by atoms with Crippen molar-refractivity contribution in [3.63, 3.8) is 0 Å². The van der Waals surface area contributed by atoms with Crippen molar-refractivity contribution in [2.24, 2.45) is 4.99 Å². The molecule has 1 aromatic heterocycles. The molecular formula is C24H23ClN4O5S2. The molecule has 36 heavy (non-hydrogen) atoms. The topological polar surface area (TPSA) is 101 Å². The first kappa shape index (κ1) is 25.9. The van der Waals surface area contributed by atoms with E-state index in [9.17, 15) is 18.0 Å². The Morgan fingerprint density at radius 1 is 1.14 bits per heavy atom. The quantitative estimate of drug-likeness (QED) is 0.457. The lowest BCUT2D eigenvalue weighted by atomic mass is 10.2. The van der Waals surface area contributed by atoms with Crippen molar-refractivity contribution in [2.45, 2.75) is 18.4 Å². The summed E-state index contributed by atoms with van der Waals surface area (Å²) in [5, 5.41) is 0.505. The molecule has 0 bridgehead atoms. The molecule has 12 heteroatoms. The van der Waals surface area contributed by atoms with Crippen LogP contribution in [0.15, 0.2) is 52.4 Å². The van der Waals surface area contributed by atoms with Crippen molar-refractivity contribution >= 4 is 55.2 Å². The summed E-state index contributed by atoms with van der Waals surface area (Å²) in [6, 6.07) is 11.0. The standard InChI is InChI=1S/C24H23ClN4O5S2/c1-3-12-29-21-19(25)6-5-7-20(21)35-23(29)26-22(30)17-8-10-18(11-9-17)36(32,33)28-15-13-27(14-16-28)24(31)34-4-2/h1,5-11H,4,12-16H2,2H3. The fourth-order valence-electron chi connectivity index (χ4n) is 3.81. The molecule has 0 atom stereocenters. The summed E-state index contributed by atoms with van der Waals surface area (Å²) in [5.74, 6) is 2.02. The maximum Gasteiger partial charge on any atom is 0.409 e. The average Bonchev–Trinajstić information content (AvgIpc) is 3.22. The number of aromatic nitrogens is 1. The van der Waals surface area contributed by atoms with Gasteiger partial charge in [0.15, 0.2) is 4.80 Å². The van der Waals surface area contributed by atoms with Crippen LogP contribution in [0.1, 0.15) is 17.3 Å². The summed E-state index contributed by atoms with van der Waals surface area (Å²) >= 11 is 7.62. The zero-order valence-corrected chi connectivity index (χ0v) is 21.8. The lowest BCUT2D eigenvalue weighted by molar-refractivity contribution is 0.0933. The minimum atomic E-state index is -3.79. The van der Waals surface area contributed by atoms with E-state index in [-0.39, 0.29) is 49.8 Å². The fourth-order valence-corrected chi connectivity index (χ4v) is 6.62. The number of nitrogens with zero attached hydrogens (tertiary/aromatic N) is 4. The van der Waals surface area contributed by atoms with Crippen LogP contribution in [0.4, 0.5) is 4.79 Å². The summed E-state index contributed by atoms with van der Waals surface area (Å²) < 4.78 is 34.9. The second kappa shape index (κ2) is 10.8. The van der Waals surface area contributed by atoms with Crippen molar-refractivity contribution in [1.82, 2.24) is 13.8 Å². The monoisotopic (exact) mass is 546 g/mol. The van der Waals surface area contributed by atoms with E-state index >= 15 is 0 Å².